The molecule has 2 aromatic rings. The summed E-state index contributed by atoms with van der Waals surface area (Å²) in [4.78, 5) is 13.1. The lowest BCUT2D eigenvalue weighted by Gasteiger charge is -2.09. The molecule has 3 nitrogen and oxygen atoms in total. The van der Waals surface area contributed by atoms with E-state index in [0.29, 0.717) is 11.0 Å². The minimum Gasteiger partial charge on any atom is -0.264 e. The molecule has 0 aliphatic heterocycles. The van der Waals surface area contributed by atoms with E-state index in [9.17, 15) is 0 Å². The van der Waals surface area contributed by atoms with Gasteiger partial charge in [0.1, 0.15) is 5.15 Å². The molecule has 0 unspecified atom stereocenters. The Bertz CT molecular complexity index is 572. The highest BCUT2D eigenvalue weighted by Crippen LogP contribution is 2.25. The molecule has 2 aromatic heterocycles. The molecule has 0 aromatic carbocycles. The van der Waals surface area contributed by atoms with Crippen LogP contribution in [-0.2, 0) is 6.42 Å². The van der Waals surface area contributed by atoms with E-state index in [1.807, 2.05) is 19.2 Å². The third-order valence-corrected chi connectivity index (χ3v) is 4.35. The number of rotatable bonds is 3. The van der Waals surface area contributed by atoms with Crippen LogP contribution in [0.3, 0.4) is 0 Å². The molecule has 0 saturated heterocycles. The quantitative estimate of drug-likeness (QED) is 0.601. The summed E-state index contributed by atoms with van der Waals surface area (Å²) in [5.74, 6) is 0.684. The molecule has 0 saturated carbocycles. The third kappa shape index (κ3) is 2.80. The third-order valence-electron chi connectivity index (χ3n) is 2.63. The number of nitrogens with zero attached hydrogens (tertiary/aromatic N) is 3. The maximum absolute atomic E-state index is 6.18. The standard InChI is InChI=1S/C13H13ClIN3/c1-3-4-10-11(15)12(14)18-13(17-10)9-5-6-16-7-8(9)2/h5-7H,3-4H2,1-2H3. The Labute approximate surface area is 125 Å². The molecule has 0 bridgehead atoms. The van der Waals surface area contributed by atoms with E-state index in [2.05, 4.69) is 44.5 Å². The Morgan fingerprint density at radius 1 is 1.33 bits per heavy atom. The SMILES string of the molecule is CCCc1nc(-c2ccncc2C)nc(Cl)c1I. The average Bonchev–Trinajstić information content (AvgIpc) is 2.35. The largest absolute Gasteiger partial charge is 0.264 e. The Morgan fingerprint density at radius 3 is 2.78 bits per heavy atom. The van der Waals surface area contributed by atoms with Gasteiger partial charge >= 0.3 is 0 Å². The summed E-state index contributed by atoms with van der Waals surface area (Å²) < 4.78 is 0.951. The topological polar surface area (TPSA) is 38.7 Å². The second-order valence-corrected chi connectivity index (χ2v) is 5.48. The van der Waals surface area contributed by atoms with Crippen LogP contribution in [-0.4, -0.2) is 15.0 Å². The highest BCUT2D eigenvalue weighted by Gasteiger charge is 2.12. The van der Waals surface area contributed by atoms with E-state index in [1.165, 1.54) is 0 Å². The van der Waals surface area contributed by atoms with Crippen molar-refractivity contribution in [2.75, 3.05) is 0 Å². The summed E-state index contributed by atoms with van der Waals surface area (Å²) in [5, 5.41) is 0.528. The van der Waals surface area contributed by atoms with Crippen molar-refractivity contribution >= 4 is 34.2 Å². The molecule has 0 aliphatic carbocycles. The number of halogens is 2. The van der Waals surface area contributed by atoms with Crippen LogP contribution in [0.15, 0.2) is 18.5 Å². The molecule has 0 spiro atoms. The van der Waals surface area contributed by atoms with Crippen molar-refractivity contribution in [3.05, 3.63) is 38.4 Å². The van der Waals surface area contributed by atoms with E-state index < -0.39 is 0 Å². The van der Waals surface area contributed by atoms with Crippen LogP contribution in [0.25, 0.3) is 11.4 Å². The summed E-state index contributed by atoms with van der Waals surface area (Å²) in [7, 11) is 0. The lowest BCUT2D eigenvalue weighted by atomic mass is 10.1. The molecule has 0 aliphatic rings. The van der Waals surface area contributed by atoms with Crippen molar-refractivity contribution < 1.29 is 0 Å². The molecule has 0 radical (unpaired) electrons. The van der Waals surface area contributed by atoms with E-state index in [-0.39, 0.29) is 0 Å². The highest BCUT2D eigenvalue weighted by atomic mass is 127. The number of hydrogen-bond acceptors (Lipinski definition) is 3. The molecular formula is C13H13ClIN3. The number of hydrogen-bond donors (Lipinski definition) is 0. The Kier molecular flexibility index (Phi) is 4.50. The van der Waals surface area contributed by atoms with Crippen molar-refractivity contribution in [1.82, 2.24) is 15.0 Å². The maximum atomic E-state index is 6.18. The van der Waals surface area contributed by atoms with Gasteiger partial charge < -0.3 is 0 Å². The zero-order chi connectivity index (χ0) is 13.1. The van der Waals surface area contributed by atoms with Gasteiger partial charge in [-0.2, -0.15) is 0 Å². The summed E-state index contributed by atoms with van der Waals surface area (Å²) in [6.45, 7) is 4.13. The van der Waals surface area contributed by atoms with Crippen molar-refractivity contribution in [3.63, 3.8) is 0 Å². The predicted molar refractivity (Wildman–Crippen MR) is 81.7 cm³/mol. The minimum absolute atomic E-state index is 0.528. The van der Waals surface area contributed by atoms with Gasteiger partial charge in [0.2, 0.25) is 0 Å². The Balaban J connectivity index is 2.56. The van der Waals surface area contributed by atoms with Gasteiger partial charge in [-0.25, -0.2) is 9.97 Å². The van der Waals surface area contributed by atoms with Crippen LogP contribution in [0.4, 0.5) is 0 Å². The highest BCUT2D eigenvalue weighted by molar-refractivity contribution is 14.1. The van der Waals surface area contributed by atoms with Crippen LogP contribution >= 0.6 is 34.2 Å². The number of aromatic nitrogens is 3. The monoisotopic (exact) mass is 373 g/mol. The van der Waals surface area contributed by atoms with Crippen LogP contribution < -0.4 is 0 Å². The second kappa shape index (κ2) is 5.93. The van der Waals surface area contributed by atoms with Gasteiger partial charge in [0.05, 0.1) is 9.26 Å². The van der Waals surface area contributed by atoms with Gasteiger partial charge in [-0.3, -0.25) is 4.98 Å². The van der Waals surface area contributed by atoms with Gasteiger partial charge in [0.25, 0.3) is 0 Å². The van der Waals surface area contributed by atoms with Gasteiger partial charge in [-0.15, -0.1) is 0 Å². The summed E-state index contributed by atoms with van der Waals surface area (Å²) in [6.07, 6.45) is 5.51. The summed E-state index contributed by atoms with van der Waals surface area (Å²) in [6, 6.07) is 1.92. The fraction of sp³-hybridized carbons (Fsp3) is 0.308. The van der Waals surface area contributed by atoms with E-state index in [1.54, 1.807) is 6.20 Å². The zero-order valence-corrected chi connectivity index (χ0v) is 13.2. The molecular weight excluding hydrogens is 361 g/mol. The first-order valence-corrected chi connectivity index (χ1v) is 7.22. The van der Waals surface area contributed by atoms with Crippen LogP contribution in [0.2, 0.25) is 5.15 Å². The molecule has 2 rings (SSSR count). The molecule has 18 heavy (non-hydrogen) atoms. The summed E-state index contributed by atoms with van der Waals surface area (Å²) in [5.41, 5.74) is 3.06. The minimum atomic E-state index is 0.528. The van der Waals surface area contributed by atoms with Crippen molar-refractivity contribution in [3.8, 4) is 11.4 Å². The molecule has 94 valence electrons. The number of aryl methyl sites for hydroxylation is 2. The van der Waals surface area contributed by atoms with Gasteiger partial charge in [-0.05, 0) is 47.6 Å². The van der Waals surface area contributed by atoms with Gasteiger partial charge in [0, 0.05) is 18.0 Å². The molecule has 0 atom stereocenters. The first kappa shape index (κ1) is 13.7. The lowest BCUT2D eigenvalue weighted by molar-refractivity contribution is 0.867. The lowest BCUT2D eigenvalue weighted by Crippen LogP contribution is -2.01. The smallest absolute Gasteiger partial charge is 0.161 e. The maximum Gasteiger partial charge on any atom is 0.161 e. The molecule has 2 heterocycles. The number of pyridine rings is 1. The van der Waals surface area contributed by atoms with Gasteiger partial charge in [0.15, 0.2) is 5.82 Å². The van der Waals surface area contributed by atoms with E-state index >= 15 is 0 Å². The first-order valence-electron chi connectivity index (χ1n) is 5.76. The van der Waals surface area contributed by atoms with Crippen molar-refractivity contribution in [2.45, 2.75) is 26.7 Å². The Morgan fingerprint density at radius 2 is 2.11 bits per heavy atom. The van der Waals surface area contributed by atoms with Gasteiger partial charge in [-0.1, -0.05) is 24.9 Å². The average molecular weight is 374 g/mol. The second-order valence-electron chi connectivity index (χ2n) is 4.04. The molecule has 0 fully saturated rings. The van der Waals surface area contributed by atoms with Crippen LogP contribution in [0, 0.1) is 10.5 Å². The fourth-order valence-electron chi connectivity index (χ4n) is 1.71. The summed E-state index contributed by atoms with van der Waals surface area (Å²) >= 11 is 8.39. The molecule has 0 amide bonds. The first-order chi connectivity index (χ1) is 8.63. The zero-order valence-electron chi connectivity index (χ0n) is 10.2. The Hall–Kier alpha value is -0.750. The normalized spacial score (nSPS) is 10.7. The molecule has 0 N–H and O–H groups in total. The van der Waals surface area contributed by atoms with E-state index in [4.69, 9.17) is 11.6 Å². The predicted octanol–water partition coefficient (Wildman–Crippen LogP) is 4.06. The molecule has 5 heteroatoms. The van der Waals surface area contributed by atoms with Crippen LogP contribution in [0.5, 0.6) is 0 Å². The van der Waals surface area contributed by atoms with Crippen molar-refractivity contribution in [1.29, 1.82) is 0 Å². The van der Waals surface area contributed by atoms with Crippen molar-refractivity contribution in [2.24, 2.45) is 0 Å². The van der Waals surface area contributed by atoms with Crippen LogP contribution in [0.1, 0.15) is 24.6 Å². The van der Waals surface area contributed by atoms with E-state index in [0.717, 1.165) is 33.2 Å². The fourth-order valence-corrected chi connectivity index (χ4v) is 2.41.